The van der Waals surface area contributed by atoms with Gasteiger partial charge in [-0.2, -0.15) is 0 Å². The molecule has 4 nitrogen and oxygen atoms in total. The predicted octanol–water partition coefficient (Wildman–Crippen LogP) is 2.44. The molecule has 1 fully saturated rings. The van der Waals surface area contributed by atoms with Gasteiger partial charge in [0.1, 0.15) is 5.71 Å². The molecular formula is C14H10N2O2. The lowest BCUT2D eigenvalue weighted by atomic mass is 9.95. The zero-order valence-electron chi connectivity index (χ0n) is 9.48. The Kier molecular flexibility index (Phi) is 1.86. The lowest BCUT2D eigenvalue weighted by Crippen LogP contribution is -2.23. The smallest absolute Gasteiger partial charge is 0.266 e. The summed E-state index contributed by atoms with van der Waals surface area (Å²) in [5.41, 5.74) is 2.14. The van der Waals surface area contributed by atoms with Crippen LogP contribution in [-0.4, -0.2) is 10.9 Å². The number of hydrogen-bond acceptors (Lipinski definition) is 4. The van der Waals surface area contributed by atoms with Crippen LogP contribution in [0.2, 0.25) is 0 Å². The molecule has 0 aliphatic carbocycles. The first kappa shape index (κ1) is 9.82. The number of rotatable bonds is 2. The van der Waals surface area contributed by atoms with Gasteiger partial charge in [0, 0.05) is 11.1 Å². The first-order valence-electron chi connectivity index (χ1n) is 5.77. The van der Waals surface area contributed by atoms with E-state index < -0.39 is 5.72 Å². The molecule has 4 heteroatoms. The fourth-order valence-electron chi connectivity index (χ4n) is 2.25. The van der Waals surface area contributed by atoms with Crippen molar-refractivity contribution in [2.75, 3.05) is 0 Å². The number of nitrogens with zero attached hydrogens (tertiary/aromatic N) is 2. The van der Waals surface area contributed by atoms with E-state index in [4.69, 9.17) is 9.78 Å². The van der Waals surface area contributed by atoms with Crippen LogP contribution in [0.25, 0.3) is 0 Å². The van der Waals surface area contributed by atoms with Crippen molar-refractivity contribution in [3.05, 3.63) is 71.8 Å². The summed E-state index contributed by atoms with van der Waals surface area (Å²) >= 11 is 0. The Hall–Kier alpha value is -2.17. The van der Waals surface area contributed by atoms with Crippen molar-refractivity contribution in [3.8, 4) is 0 Å². The van der Waals surface area contributed by atoms with E-state index in [0.717, 1.165) is 16.8 Å². The second-order valence-electron chi connectivity index (χ2n) is 4.25. The summed E-state index contributed by atoms with van der Waals surface area (Å²) in [7, 11) is 0. The maximum absolute atomic E-state index is 5.57. The van der Waals surface area contributed by atoms with Gasteiger partial charge in [-0.25, -0.2) is 4.84 Å². The summed E-state index contributed by atoms with van der Waals surface area (Å²) in [5, 5.41) is 5.52. The quantitative estimate of drug-likeness (QED) is 0.754. The molecule has 2 atom stereocenters. The number of fused-ring (bicyclic) bond motifs is 1. The number of hydroxylamine groups is 2. The van der Waals surface area contributed by atoms with Crippen molar-refractivity contribution < 1.29 is 9.78 Å². The van der Waals surface area contributed by atoms with Crippen molar-refractivity contribution in [2.24, 2.45) is 5.16 Å². The highest BCUT2D eigenvalue weighted by molar-refractivity contribution is 6.08. The number of oxime groups is 1. The third-order valence-corrected chi connectivity index (χ3v) is 3.18. The molecule has 18 heavy (non-hydrogen) atoms. The monoisotopic (exact) mass is 238 g/mol. The lowest BCUT2D eigenvalue weighted by molar-refractivity contribution is -0.160. The molecule has 2 heterocycles. The van der Waals surface area contributed by atoms with Crippen LogP contribution in [0.1, 0.15) is 11.1 Å². The minimum Gasteiger partial charge on any atom is -0.266 e. The lowest BCUT2D eigenvalue weighted by Gasteiger charge is -2.08. The molecule has 2 aliphatic rings. The fraction of sp³-hybridized carbons (Fsp3) is 0.0714. The van der Waals surface area contributed by atoms with E-state index >= 15 is 0 Å². The fourth-order valence-corrected chi connectivity index (χ4v) is 2.25. The van der Waals surface area contributed by atoms with Crippen LogP contribution in [0.3, 0.4) is 0 Å². The molecule has 0 saturated carbocycles. The van der Waals surface area contributed by atoms with E-state index in [1.807, 2.05) is 60.7 Å². The molecular weight excluding hydrogens is 228 g/mol. The van der Waals surface area contributed by atoms with Gasteiger partial charge >= 0.3 is 0 Å². The maximum Gasteiger partial charge on any atom is 0.279 e. The number of hydrogen-bond donors (Lipinski definition) is 0. The summed E-state index contributed by atoms with van der Waals surface area (Å²) in [5.74, 6) is 0. The third kappa shape index (κ3) is 1.19. The Morgan fingerprint density at radius 1 is 0.889 bits per heavy atom. The topological polar surface area (TPSA) is 37.1 Å². The molecule has 0 spiro atoms. The second-order valence-corrected chi connectivity index (χ2v) is 4.25. The maximum atomic E-state index is 5.57. The molecule has 0 radical (unpaired) electrons. The highest BCUT2D eigenvalue weighted by Crippen LogP contribution is 2.51. The van der Waals surface area contributed by atoms with E-state index in [1.54, 1.807) is 0 Å². The average Bonchev–Trinajstić information content (AvgIpc) is 3.07. The summed E-state index contributed by atoms with van der Waals surface area (Å²) in [6.07, 6.45) is 0. The Morgan fingerprint density at radius 2 is 1.56 bits per heavy atom. The minimum atomic E-state index is -0.664. The van der Waals surface area contributed by atoms with Crippen LogP contribution in [0.15, 0.2) is 65.8 Å². The zero-order valence-corrected chi connectivity index (χ0v) is 9.48. The van der Waals surface area contributed by atoms with Crippen LogP contribution in [0, 0.1) is 0 Å². The molecule has 2 aromatic rings. The normalized spacial score (nSPS) is 28.2. The largest absolute Gasteiger partial charge is 0.279 e. The minimum absolute atomic E-state index is 0.664. The first-order valence-corrected chi connectivity index (χ1v) is 5.77. The molecule has 0 amide bonds. The molecule has 2 aliphatic heterocycles. The van der Waals surface area contributed by atoms with E-state index in [2.05, 4.69) is 5.16 Å². The first-order chi connectivity index (χ1) is 8.91. The highest BCUT2D eigenvalue weighted by Gasteiger charge is 2.68. The molecule has 1 saturated heterocycles. The van der Waals surface area contributed by atoms with Crippen molar-refractivity contribution in [3.63, 3.8) is 0 Å². The van der Waals surface area contributed by atoms with Crippen LogP contribution in [0.4, 0.5) is 0 Å². The van der Waals surface area contributed by atoms with Crippen LogP contribution in [-0.2, 0) is 15.5 Å². The SMILES string of the molecule is c1ccc(C2=NON3O[C@@]23c2ccccc2)cc1. The van der Waals surface area contributed by atoms with Crippen molar-refractivity contribution in [1.29, 1.82) is 0 Å². The summed E-state index contributed by atoms with van der Waals surface area (Å²) in [6, 6.07) is 19.9. The van der Waals surface area contributed by atoms with E-state index in [9.17, 15) is 0 Å². The molecule has 88 valence electrons. The van der Waals surface area contributed by atoms with Crippen LogP contribution >= 0.6 is 0 Å². The molecule has 2 aromatic carbocycles. The second kappa shape index (κ2) is 3.41. The van der Waals surface area contributed by atoms with Gasteiger partial charge in [-0.05, 0) is 0 Å². The summed E-state index contributed by atoms with van der Waals surface area (Å²) < 4.78 is 0. The van der Waals surface area contributed by atoms with Gasteiger partial charge < -0.3 is 0 Å². The summed E-state index contributed by atoms with van der Waals surface area (Å²) in [6.45, 7) is 0. The van der Waals surface area contributed by atoms with Crippen molar-refractivity contribution in [2.45, 2.75) is 5.72 Å². The van der Waals surface area contributed by atoms with Gasteiger partial charge in [-0.15, -0.1) is 0 Å². The Bertz CT molecular complexity index is 612. The van der Waals surface area contributed by atoms with Gasteiger partial charge in [0.25, 0.3) is 5.72 Å². The molecule has 0 aromatic heterocycles. The molecule has 0 N–H and O–H groups in total. The van der Waals surface area contributed by atoms with Gasteiger partial charge in [0.15, 0.2) is 0 Å². The Morgan fingerprint density at radius 3 is 2.22 bits per heavy atom. The Balaban J connectivity index is 1.82. The standard InChI is InChI=1S/C14H10N2O2/c1-3-7-11(8-4-1)13-14(16(17-14)18-15-13)12-9-5-2-6-10-12/h1-10H/t14-,16?/m0/s1. The third-order valence-electron chi connectivity index (χ3n) is 3.18. The van der Waals surface area contributed by atoms with Gasteiger partial charge in [0.2, 0.25) is 0 Å². The average molecular weight is 238 g/mol. The predicted molar refractivity (Wildman–Crippen MR) is 65.1 cm³/mol. The van der Waals surface area contributed by atoms with Crippen LogP contribution < -0.4 is 0 Å². The van der Waals surface area contributed by atoms with E-state index in [-0.39, 0.29) is 0 Å². The van der Waals surface area contributed by atoms with Gasteiger partial charge in [0.05, 0.1) is 5.23 Å². The molecule has 1 unspecified atom stereocenters. The highest BCUT2D eigenvalue weighted by atomic mass is 17.1. The van der Waals surface area contributed by atoms with Crippen molar-refractivity contribution in [1.82, 2.24) is 5.23 Å². The number of benzene rings is 2. The van der Waals surface area contributed by atoms with Crippen LogP contribution in [0.5, 0.6) is 0 Å². The van der Waals surface area contributed by atoms with E-state index in [0.29, 0.717) is 0 Å². The van der Waals surface area contributed by atoms with E-state index in [1.165, 1.54) is 5.23 Å². The zero-order chi connectivity index (χ0) is 12.0. The molecule has 0 bridgehead atoms. The Labute approximate surface area is 104 Å². The van der Waals surface area contributed by atoms with Gasteiger partial charge in [-0.3, -0.25) is 4.94 Å². The van der Waals surface area contributed by atoms with Crippen molar-refractivity contribution >= 4 is 5.71 Å². The summed E-state index contributed by atoms with van der Waals surface area (Å²) in [4.78, 5) is 10.7. The molecule has 4 rings (SSSR count). The van der Waals surface area contributed by atoms with Gasteiger partial charge in [-0.1, -0.05) is 65.8 Å².